The van der Waals surface area contributed by atoms with E-state index in [9.17, 15) is 10.2 Å². The smallest absolute Gasteiger partial charge is 0.160 e. The minimum atomic E-state index is -0.622. The Labute approximate surface area is 102 Å². The molecule has 0 unspecified atom stereocenters. The molecule has 4 nitrogen and oxygen atoms in total. The molecule has 3 N–H and O–H groups in total. The van der Waals surface area contributed by atoms with Crippen LogP contribution in [-0.4, -0.2) is 29.4 Å². The number of rotatable bonds is 4. The zero-order chi connectivity index (χ0) is 13.1. The highest BCUT2D eigenvalue weighted by molar-refractivity contribution is 5.42. The number of hydrogen-bond donors (Lipinski definition) is 3. The van der Waals surface area contributed by atoms with Crippen LogP contribution in [0.15, 0.2) is 18.2 Å². The molecule has 0 saturated heterocycles. The number of β-amino-alcohol motifs (C(OH)–C–C–N with tert-alkyl or cyclic N) is 1. The van der Waals surface area contributed by atoms with Gasteiger partial charge in [0, 0.05) is 12.1 Å². The van der Waals surface area contributed by atoms with Crippen LogP contribution in [0.25, 0.3) is 0 Å². The Balaban J connectivity index is 2.72. The lowest BCUT2D eigenvalue weighted by Crippen LogP contribution is -2.38. The predicted molar refractivity (Wildman–Crippen MR) is 67.4 cm³/mol. The normalized spacial score (nSPS) is 13.5. The fourth-order valence-corrected chi connectivity index (χ4v) is 1.42. The van der Waals surface area contributed by atoms with E-state index in [1.165, 1.54) is 13.2 Å². The van der Waals surface area contributed by atoms with Gasteiger partial charge in [-0.25, -0.2) is 0 Å². The maximum Gasteiger partial charge on any atom is 0.160 e. The first-order valence-electron chi connectivity index (χ1n) is 5.63. The van der Waals surface area contributed by atoms with Crippen molar-refractivity contribution in [3.05, 3.63) is 23.8 Å². The molecule has 0 fully saturated rings. The number of ether oxygens (including phenoxy) is 1. The van der Waals surface area contributed by atoms with Crippen molar-refractivity contribution in [2.24, 2.45) is 0 Å². The number of benzene rings is 1. The van der Waals surface area contributed by atoms with Crippen LogP contribution < -0.4 is 10.1 Å². The number of phenols is 1. The number of nitrogens with one attached hydrogen (secondary N) is 1. The third-order valence-electron chi connectivity index (χ3n) is 2.41. The van der Waals surface area contributed by atoms with Crippen molar-refractivity contribution in [1.29, 1.82) is 0 Å². The van der Waals surface area contributed by atoms with Crippen LogP contribution >= 0.6 is 0 Å². The quantitative estimate of drug-likeness (QED) is 0.750. The Bertz CT molecular complexity index is 371. The van der Waals surface area contributed by atoms with E-state index in [1.807, 2.05) is 20.8 Å². The van der Waals surface area contributed by atoms with Gasteiger partial charge in [0.2, 0.25) is 0 Å². The van der Waals surface area contributed by atoms with Gasteiger partial charge in [-0.15, -0.1) is 0 Å². The molecule has 17 heavy (non-hydrogen) atoms. The first-order chi connectivity index (χ1) is 7.83. The molecule has 0 aliphatic heterocycles. The average Bonchev–Trinajstić information content (AvgIpc) is 2.25. The topological polar surface area (TPSA) is 61.7 Å². The van der Waals surface area contributed by atoms with Crippen molar-refractivity contribution in [2.75, 3.05) is 13.7 Å². The highest BCUT2D eigenvalue weighted by atomic mass is 16.5. The van der Waals surface area contributed by atoms with Gasteiger partial charge in [0.05, 0.1) is 13.2 Å². The van der Waals surface area contributed by atoms with Gasteiger partial charge in [-0.1, -0.05) is 6.07 Å². The molecule has 0 radical (unpaired) electrons. The SMILES string of the molecule is COc1cc([C@H](O)CNC(C)(C)C)ccc1O. The molecule has 1 atom stereocenters. The lowest BCUT2D eigenvalue weighted by atomic mass is 10.1. The summed E-state index contributed by atoms with van der Waals surface area (Å²) >= 11 is 0. The van der Waals surface area contributed by atoms with Crippen LogP contribution in [-0.2, 0) is 0 Å². The van der Waals surface area contributed by atoms with E-state index in [2.05, 4.69) is 5.32 Å². The summed E-state index contributed by atoms with van der Waals surface area (Å²) in [5, 5.41) is 22.7. The number of methoxy groups -OCH3 is 1. The molecule has 1 aromatic carbocycles. The molecular formula is C13H21NO3. The molecule has 0 aliphatic rings. The molecule has 0 aliphatic carbocycles. The van der Waals surface area contributed by atoms with E-state index < -0.39 is 6.10 Å². The summed E-state index contributed by atoms with van der Waals surface area (Å²) in [6, 6.07) is 4.85. The van der Waals surface area contributed by atoms with Crippen LogP contribution in [0, 0.1) is 0 Å². The van der Waals surface area contributed by atoms with Gasteiger partial charge in [-0.3, -0.25) is 0 Å². The van der Waals surface area contributed by atoms with E-state index in [0.29, 0.717) is 12.3 Å². The Kier molecular flexibility index (Phi) is 4.37. The third kappa shape index (κ3) is 4.24. The molecule has 4 heteroatoms. The van der Waals surface area contributed by atoms with Crippen LogP contribution in [0.5, 0.6) is 11.5 Å². The number of aromatic hydroxyl groups is 1. The minimum Gasteiger partial charge on any atom is -0.504 e. The number of aliphatic hydroxyl groups excluding tert-OH is 1. The Morgan fingerprint density at radius 3 is 2.53 bits per heavy atom. The zero-order valence-corrected chi connectivity index (χ0v) is 10.8. The Morgan fingerprint density at radius 1 is 1.35 bits per heavy atom. The van der Waals surface area contributed by atoms with E-state index in [1.54, 1.807) is 12.1 Å². The molecule has 0 saturated carbocycles. The van der Waals surface area contributed by atoms with E-state index >= 15 is 0 Å². The summed E-state index contributed by atoms with van der Waals surface area (Å²) < 4.78 is 5.00. The fourth-order valence-electron chi connectivity index (χ4n) is 1.42. The second-order valence-corrected chi connectivity index (χ2v) is 5.08. The van der Waals surface area contributed by atoms with Crippen molar-refractivity contribution in [3.63, 3.8) is 0 Å². The number of hydrogen-bond acceptors (Lipinski definition) is 4. The second-order valence-electron chi connectivity index (χ2n) is 5.08. The maximum atomic E-state index is 10.00. The molecule has 0 aromatic heterocycles. The summed E-state index contributed by atoms with van der Waals surface area (Å²) in [7, 11) is 1.48. The zero-order valence-electron chi connectivity index (χ0n) is 10.8. The van der Waals surface area contributed by atoms with Crippen LogP contribution in [0.1, 0.15) is 32.4 Å². The van der Waals surface area contributed by atoms with Crippen molar-refractivity contribution < 1.29 is 14.9 Å². The van der Waals surface area contributed by atoms with Gasteiger partial charge >= 0.3 is 0 Å². The molecule has 1 rings (SSSR count). The van der Waals surface area contributed by atoms with Crippen LogP contribution in [0.2, 0.25) is 0 Å². The van der Waals surface area contributed by atoms with E-state index in [-0.39, 0.29) is 11.3 Å². The highest BCUT2D eigenvalue weighted by Crippen LogP contribution is 2.28. The fraction of sp³-hybridized carbons (Fsp3) is 0.538. The predicted octanol–water partition coefficient (Wildman–Crippen LogP) is 1.82. The lowest BCUT2D eigenvalue weighted by Gasteiger charge is -2.23. The molecule has 0 heterocycles. The summed E-state index contributed by atoms with van der Waals surface area (Å²) in [5.74, 6) is 0.449. The van der Waals surface area contributed by atoms with Gasteiger partial charge in [0.1, 0.15) is 0 Å². The second kappa shape index (κ2) is 5.38. The molecule has 96 valence electrons. The van der Waals surface area contributed by atoms with Crippen LogP contribution in [0.3, 0.4) is 0 Å². The highest BCUT2D eigenvalue weighted by Gasteiger charge is 2.14. The largest absolute Gasteiger partial charge is 0.504 e. The molecule has 0 bridgehead atoms. The monoisotopic (exact) mass is 239 g/mol. The number of phenolic OH excluding ortho intramolecular Hbond substituents is 1. The Morgan fingerprint density at radius 2 is 2.00 bits per heavy atom. The standard InChI is InChI=1S/C13H21NO3/c1-13(2,3)14-8-11(16)9-5-6-10(15)12(7-9)17-4/h5-7,11,14-16H,8H2,1-4H3/t11-/m1/s1. The first kappa shape index (κ1) is 13.8. The minimum absolute atomic E-state index is 0.0397. The summed E-state index contributed by atoms with van der Waals surface area (Å²) in [5.41, 5.74) is 0.679. The van der Waals surface area contributed by atoms with Crippen molar-refractivity contribution in [2.45, 2.75) is 32.4 Å². The lowest BCUT2D eigenvalue weighted by molar-refractivity contribution is 0.163. The molecular weight excluding hydrogens is 218 g/mol. The molecule has 1 aromatic rings. The van der Waals surface area contributed by atoms with E-state index in [4.69, 9.17) is 4.74 Å². The van der Waals surface area contributed by atoms with Gasteiger partial charge < -0.3 is 20.3 Å². The number of aliphatic hydroxyl groups is 1. The maximum absolute atomic E-state index is 10.00. The van der Waals surface area contributed by atoms with Gasteiger partial charge in [0.15, 0.2) is 11.5 Å². The summed E-state index contributed by atoms with van der Waals surface area (Å²) in [6.45, 7) is 6.57. The van der Waals surface area contributed by atoms with Gasteiger partial charge in [0.25, 0.3) is 0 Å². The van der Waals surface area contributed by atoms with Crippen molar-refractivity contribution >= 4 is 0 Å². The summed E-state index contributed by atoms with van der Waals surface area (Å²) in [4.78, 5) is 0. The van der Waals surface area contributed by atoms with Gasteiger partial charge in [-0.2, -0.15) is 0 Å². The average molecular weight is 239 g/mol. The van der Waals surface area contributed by atoms with Gasteiger partial charge in [-0.05, 0) is 38.5 Å². The van der Waals surface area contributed by atoms with Crippen molar-refractivity contribution in [1.82, 2.24) is 5.32 Å². The van der Waals surface area contributed by atoms with E-state index in [0.717, 1.165) is 5.56 Å². The Hall–Kier alpha value is -1.26. The summed E-state index contributed by atoms with van der Waals surface area (Å²) in [6.07, 6.45) is -0.622. The molecule has 0 amide bonds. The van der Waals surface area contributed by atoms with Crippen molar-refractivity contribution in [3.8, 4) is 11.5 Å². The first-order valence-corrected chi connectivity index (χ1v) is 5.63. The molecule has 0 spiro atoms. The van der Waals surface area contributed by atoms with Crippen LogP contribution in [0.4, 0.5) is 0 Å². The third-order valence-corrected chi connectivity index (χ3v) is 2.41.